The van der Waals surface area contributed by atoms with E-state index in [-0.39, 0.29) is 10.5 Å². The number of fused-ring (bicyclic) bond motifs is 1. The van der Waals surface area contributed by atoms with Gasteiger partial charge >= 0.3 is 5.76 Å². The molecule has 1 aliphatic rings. The number of nitrogens with one attached hydrogen (secondary N) is 2. The number of sulfonamides is 1. The van der Waals surface area contributed by atoms with E-state index in [1.165, 1.54) is 48.8 Å². The van der Waals surface area contributed by atoms with Crippen molar-refractivity contribution in [3.63, 3.8) is 0 Å². The van der Waals surface area contributed by atoms with Crippen molar-refractivity contribution >= 4 is 37.6 Å². The highest BCUT2D eigenvalue weighted by atomic mass is 32.2. The molecule has 4 rings (SSSR count). The Kier molecular flexibility index (Phi) is 4.79. The smallest absolute Gasteiger partial charge is 0.408 e. The van der Waals surface area contributed by atoms with Crippen LogP contribution in [0.3, 0.4) is 0 Å². The van der Waals surface area contributed by atoms with Crippen molar-refractivity contribution < 1.29 is 12.8 Å². The Balaban J connectivity index is 1.50. The van der Waals surface area contributed by atoms with Gasteiger partial charge in [-0.15, -0.1) is 0 Å². The Hall–Kier alpha value is -2.17. The highest BCUT2D eigenvalue weighted by Crippen LogP contribution is 2.26. The third-order valence-corrected chi connectivity index (χ3v) is 7.14. The Morgan fingerprint density at radius 1 is 1.41 bits per heavy atom. The van der Waals surface area contributed by atoms with E-state index in [1.807, 2.05) is 0 Å². The normalized spacial score (nSPS) is 18.8. The number of benzene rings is 1. The lowest BCUT2D eigenvalue weighted by atomic mass is 10.0. The zero-order chi connectivity index (χ0) is 19.0. The molecule has 0 aliphatic carbocycles. The van der Waals surface area contributed by atoms with Crippen LogP contribution in [-0.4, -0.2) is 35.9 Å². The lowest BCUT2D eigenvalue weighted by Crippen LogP contribution is -2.36. The molecule has 144 valence electrons. The molecule has 8 nitrogen and oxygen atoms in total. The molecule has 27 heavy (non-hydrogen) atoms. The Bertz CT molecular complexity index is 1120. The van der Waals surface area contributed by atoms with E-state index >= 15 is 0 Å². The molecule has 0 spiro atoms. The van der Waals surface area contributed by atoms with Gasteiger partial charge in [0.05, 0.1) is 10.4 Å². The van der Waals surface area contributed by atoms with Gasteiger partial charge in [0, 0.05) is 29.7 Å². The second-order valence-corrected chi connectivity index (χ2v) is 9.52. The molecule has 0 radical (unpaired) electrons. The van der Waals surface area contributed by atoms with Gasteiger partial charge in [-0.25, -0.2) is 18.2 Å². The fourth-order valence-electron chi connectivity index (χ4n) is 3.29. The molecule has 3 aromatic rings. The van der Waals surface area contributed by atoms with Crippen molar-refractivity contribution in [1.82, 2.24) is 14.9 Å². The molecule has 2 aromatic heterocycles. The summed E-state index contributed by atoms with van der Waals surface area (Å²) in [5, 5.41) is 0.324. The standard InChI is InChI=1S/C17H20N4O4S2/c1-11-4-2-3-7-21(11)10-12-9-18-16(26-12)20-27(23,24)13-5-6-14-15(8-13)25-17(22)19-14/h5-6,8-9,11H,2-4,7,10H2,1H3,(H,18,20)(H,19,22). The minimum Gasteiger partial charge on any atom is -0.408 e. The second-order valence-electron chi connectivity index (χ2n) is 6.72. The number of likely N-dealkylation sites (tertiary alicyclic amines) is 1. The zero-order valence-corrected chi connectivity index (χ0v) is 16.4. The Labute approximate surface area is 160 Å². The maximum absolute atomic E-state index is 12.6. The van der Waals surface area contributed by atoms with Gasteiger partial charge < -0.3 is 4.42 Å². The van der Waals surface area contributed by atoms with Crippen LogP contribution < -0.4 is 10.5 Å². The molecule has 10 heteroatoms. The van der Waals surface area contributed by atoms with Crippen LogP contribution in [-0.2, 0) is 16.6 Å². The number of hydrogen-bond donors (Lipinski definition) is 2. The van der Waals surface area contributed by atoms with Crippen molar-refractivity contribution in [2.45, 2.75) is 43.7 Å². The highest BCUT2D eigenvalue weighted by Gasteiger charge is 2.21. The first-order valence-corrected chi connectivity index (χ1v) is 11.1. The Morgan fingerprint density at radius 2 is 2.26 bits per heavy atom. The van der Waals surface area contributed by atoms with Gasteiger partial charge in [0.25, 0.3) is 10.0 Å². The number of oxazole rings is 1. The van der Waals surface area contributed by atoms with E-state index in [1.54, 1.807) is 6.20 Å². The highest BCUT2D eigenvalue weighted by molar-refractivity contribution is 7.93. The summed E-state index contributed by atoms with van der Waals surface area (Å²) >= 11 is 1.34. The molecule has 1 fully saturated rings. The van der Waals surface area contributed by atoms with Gasteiger partial charge in [-0.1, -0.05) is 17.8 Å². The summed E-state index contributed by atoms with van der Waals surface area (Å²) in [6.07, 6.45) is 5.37. The number of anilines is 1. The quantitative estimate of drug-likeness (QED) is 0.672. The van der Waals surface area contributed by atoms with Crippen LogP contribution in [0.15, 0.2) is 38.5 Å². The average Bonchev–Trinajstić information content (AvgIpc) is 3.20. The van der Waals surface area contributed by atoms with Crippen LogP contribution in [0.1, 0.15) is 31.1 Å². The lowest BCUT2D eigenvalue weighted by molar-refractivity contribution is 0.154. The van der Waals surface area contributed by atoms with Crippen molar-refractivity contribution in [2.24, 2.45) is 0 Å². The maximum Gasteiger partial charge on any atom is 0.417 e. The van der Waals surface area contributed by atoms with E-state index in [4.69, 9.17) is 4.42 Å². The summed E-state index contributed by atoms with van der Waals surface area (Å²) in [4.78, 5) is 21.4. The number of aromatic nitrogens is 2. The van der Waals surface area contributed by atoms with Crippen LogP contribution in [0.5, 0.6) is 0 Å². The topological polar surface area (TPSA) is 108 Å². The van der Waals surface area contributed by atoms with Gasteiger partial charge in [-0.3, -0.25) is 14.6 Å². The molecule has 0 bridgehead atoms. The first-order chi connectivity index (χ1) is 12.9. The molecule has 0 saturated carbocycles. The number of aromatic amines is 1. The fourth-order valence-corrected chi connectivity index (χ4v) is 5.38. The van der Waals surface area contributed by atoms with Crippen LogP contribution >= 0.6 is 11.3 Å². The predicted molar refractivity (Wildman–Crippen MR) is 103 cm³/mol. The summed E-state index contributed by atoms with van der Waals surface area (Å²) < 4.78 is 32.7. The van der Waals surface area contributed by atoms with Crippen LogP contribution in [0.4, 0.5) is 5.13 Å². The summed E-state index contributed by atoms with van der Waals surface area (Å²) in [7, 11) is -3.82. The van der Waals surface area contributed by atoms with E-state index in [9.17, 15) is 13.2 Å². The predicted octanol–water partition coefficient (Wildman–Crippen LogP) is 2.75. The zero-order valence-electron chi connectivity index (χ0n) is 14.8. The molecule has 1 aliphatic heterocycles. The lowest BCUT2D eigenvalue weighted by Gasteiger charge is -2.32. The van der Waals surface area contributed by atoms with Crippen LogP contribution in [0.2, 0.25) is 0 Å². The van der Waals surface area contributed by atoms with Crippen molar-refractivity contribution in [3.05, 3.63) is 39.8 Å². The number of hydrogen-bond acceptors (Lipinski definition) is 7. The average molecular weight is 409 g/mol. The first-order valence-electron chi connectivity index (χ1n) is 8.75. The fraction of sp³-hybridized carbons (Fsp3) is 0.412. The van der Waals surface area contributed by atoms with Crippen molar-refractivity contribution in [3.8, 4) is 0 Å². The number of H-pyrrole nitrogens is 1. The van der Waals surface area contributed by atoms with Gasteiger partial charge in [-0.2, -0.15) is 0 Å². The summed E-state index contributed by atoms with van der Waals surface area (Å²) in [6, 6.07) is 4.77. The summed E-state index contributed by atoms with van der Waals surface area (Å²) in [5.41, 5.74) is 0.646. The minimum atomic E-state index is -3.82. The summed E-state index contributed by atoms with van der Waals surface area (Å²) in [5.74, 6) is -0.621. The molecule has 1 aromatic carbocycles. The third kappa shape index (κ3) is 3.92. The second kappa shape index (κ2) is 7.10. The molecule has 0 amide bonds. The Morgan fingerprint density at radius 3 is 3.07 bits per heavy atom. The first kappa shape index (κ1) is 18.2. The van der Waals surface area contributed by atoms with Gasteiger partial charge in [0.1, 0.15) is 0 Å². The molecule has 2 N–H and O–H groups in total. The summed E-state index contributed by atoms with van der Waals surface area (Å²) in [6.45, 7) is 4.06. The number of rotatable bonds is 5. The number of piperidine rings is 1. The van der Waals surface area contributed by atoms with Crippen LogP contribution in [0, 0.1) is 0 Å². The largest absolute Gasteiger partial charge is 0.417 e. The van der Waals surface area contributed by atoms with Crippen molar-refractivity contribution in [2.75, 3.05) is 11.3 Å². The maximum atomic E-state index is 12.6. The minimum absolute atomic E-state index is 0.0131. The third-order valence-electron chi connectivity index (χ3n) is 4.78. The molecule has 3 heterocycles. The number of thiazole rings is 1. The molecular formula is C17H20N4O4S2. The van der Waals surface area contributed by atoms with E-state index in [0.29, 0.717) is 16.7 Å². The van der Waals surface area contributed by atoms with Gasteiger partial charge in [-0.05, 0) is 38.4 Å². The molecular weight excluding hydrogens is 388 g/mol. The number of nitrogens with zero attached hydrogens (tertiary/aromatic N) is 2. The molecule has 1 atom stereocenters. The van der Waals surface area contributed by atoms with Crippen LogP contribution in [0.25, 0.3) is 11.1 Å². The molecule has 1 saturated heterocycles. The molecule has 1 unspecified atom stereocenters. The monoisotopic (exact) mass is 408 g/mol. The SMILES string of the molecule is CC1CCCCN1Cc1cnc(NS(=O)(=O)c2ccc3[nH]c(=O)oc3c2)s1. The van der Waals surface area contributed by atoms with E-state index in [2.05, 4.69) is 26.5 Å². The van der Waals surface area contributed by atoms with E-state index < -0.39 is 15.8 Å². The van der Waals surface area contributed by atoms with E-state index in [0.717, 1.165) is 18.0 Å². The van der Waals surface area contributed by atoms with Crippen molar-refractivity contribution in [1.29, 1.82) is 0 Å². The van der Waals surface area contributed by atoms with Gasteiger partial charge in [0.15, 0.2) is 10.7 Å². The van der Waals surface area contributed by atoms with Gasteiger partial charge in [0.2, 0.25) is 0 Å².